The molecule has 1 saturated heterocycles. The van der Waals surface area contributed by atoms with Gasteiger partial charge in [0.2, 0.25) is 5.91 Å². The van der Waals surface area contributed by atoms with Gasteiger partial charge in [0.1, 0.15) is 17.9 Å². The molecule has 1 aromatic carbocycles. The van der Waals surface area contributed by atoms with Crippen molar-refractivity contribution in [3.05, 3.63) is 35.6 Å². The fraction of sp³-hybridized carbons (Fsp3) is 0.571. The predicted octanol–water partition coefficient (Wildman–Crippen LogP) is 0.854. The molecule has 1 heterocycles. The molecule has 2 rings (SSSR count). The van der Waals surface area contributed by atoms with Crippen LogP contribution in [-0.4, -0.2) is 84.9 Å². The summed E-state index contributed by atoms with van der Waals surface area (Å²) in [4.78, 5) is 39.7. The molecule has 0 spiro atoms. The Morgan fingerprint density at radius 2 is 1.90 bits per heavy atom. The van der Waals surface area contributed by atoms with Crippen LogP contribution in [0.5, 0.6) is 0 Å². The highest BCUT2D eigenvalue weighted by molar-refractivity contribution is 6.09. The highest BCUT2D eigenvalue weighted by atomic mass is 19.1. The maximum absolute atomic E-state index is 13.2. The topological polar surface area (TPSA) is 108 Å². The molecular formula is C21H30FN3O6. The van der Waals surface area contributed by atoms with Crippen molar-refractivity contribution in [1.82, 2.24) is 15.1 Å². The SMILES string of the molecule is CC(C)OCCOC[C@H](O)CN(C)C(=O)CN1C(=O)N[C@@](C)(c2ccc(F)cc2)C1=O. The number of nitrogens with one attached hydrogen (secondary N) is 1. The number of benzene rings is 1. The molecule has 172 valence electrons. The number of imide groups is 1. The number of halogens is 1. The van der Waals surface area contributed by atoms with Gasteiger partial charge in [0, 0.05) is 13.6 Å². The molecule has 2 N–H and O–H groups in total. The van der Waals surface area contributed by atoms with Gasteiger partial charge in [-0.1, -0.05) is 12.1 Å². The van der Waals surface area contributed by atoms with E-state index in [2.05, 4.69) is 5.32 Å². The third-order valence-electron chi connectivity index (χ3n) is 4.89. The monoisotopic (exact) mass is 439 g/mol. The van der Waals surface area contributed by atoms with Crippen molar-refractivity contribution >= 4 is 17.8 Å². The van der Waals surface area contributed by atoms with Crippen molar-refractivity contribution in [3.63, 3.8) is 0 Å². The van der Waals surface area contributed by atoms with E-state index in [9.17, 15) is 23.9 Å². The first-order valence-corrected chi connectivity index (χ1v) is 10.1. The van der Waals surface area contributed by atoms with Gasteiger partial charge in [-0.05, 0) is 38.5 Å². The number of hydrogen-bond acceptors (Lipinski definition) is 6. The van der Waals surface area contributed by atoms with E-state index in [1.165, 1.54) is 43.1 Å². The van der Waals surface area contributed by atoms with Crippen molar-refractivity contribution in [2.45, 2.75) is 38.5 Å². The van der Waals surface area contributed by atoms with Crippen molar-refractivity contribution < 1.29 is 33.4 Å². The number of carbonyl (C=O) groups excluding carboxylic acids is 3. The van der Waals surface area contributed by atoms with E-state index in [0.717, 1.165) is 4.90 Å². The number of amides is 4. The Kier molecular flexibility index (Phi) is 8.49. The first-order valence-electron chi connectivity index (χ1n) is 10.1. The number of carbonyl (C=O) groups is 3. The van der Waals surface area contributed by atoms with Gasteiger partial charge >= 0.3 is 6.03 Å². The molecule has 4 amide bonds. The zero-order chi connectivity index (χ0) is 23.2. The number of aliphatic hydroxyl groups excluding tert-OH is 1. The minimum absolute atomic E-state index is 0.0187. The van der Waals surface area contributed by atoms with Crippen LogP contribution in [0.15, 0.2) is 24.3 Å². The molecule has 1 fully saturated rings. The molecule has 10 heteroatoms. The third-order valence-corrected chi connectivity index (χ3v) is 4.89. The first kappa shape index (κ1) is 24.7. The predicted molar refractivity (Wildman–Crippen MR) is 110 cm³/mol. The standard InChI is InChI=1S/C21H30FN3O6/c1-14(2)31-10-9-30-13-17(26)11-24(4)18(27)12-25-19(28)21(3,23-20(25)29)15-5-7-16(22)8-6-15/h5-8,14,17,26H,9-13H2,1-4H3,(H,23,29)/t17-,21+/m1/s1. The number of hydrogen-bond donors (Lipinski definition) is 2. The van der Waals surface area contributed by atoms with Gasteiger partial charge in [-0.2, -0.15) is 0 Å². The van der Waals surface area contributed by atoms with Crippen LogP contribution in [-0.2, 0) is 24.6 Å². The zero-order valence-electron chi connectivity index (χ0n) is 18.3. The van der Waals surface area contributed by atoms with Gasteiger partial charge in [0.05, 0.1) is 32.0 Å². The maximum Gasteiger partial charge on any atom is 0.325 e. The lowest BCUT2D eigenvalue weighted by molar-refractivity contribution is -0.139. The lowest BCUT2D eigenvalue weighted by Crippen LogP contribution is -2.45. The minimum atomic E-state index is -1.39. The summed E-state index contributed by atoms with van der Waals surface area (Å²) in [5, 5.41) is 12.6. The number of likely N-dealkylation sites (N-methyl/N-ethyl adjacent to an activating group) is 1. The van der Waals surface area contributed by atoms with Gasteiger partial charge in [-0.25, -0.2) is 9.18 Å². The number of urea groups is 1. The van der Waals surface area contributed by atoms with Crippen LogP contribution in [0.1, 0.15) is 26.3 Å². The quantitative estimate of drug-likeness (QED) is 0.391. The Balaban J connectivity index is 1.87. The number of rotatable bonds is 11. The van der Waals surface area contributed by atoms with Crippen LogP contribution in [0.2, 0.25) is 0 Å². The molecule has 31 heavy (non-hydrogen) atoms. The number of ether oxygens (including phenoxy) is 2. The van der Waals surface area contributed by atoms with Gasteiger partial charge in [0.25, 0.3) is 5.91 Å². The largest absolute Gasteiger partial charge is 0.389 e. The van der Waals surface area contributed by atoms with Crippen molar-refractivity contribution in [1.29, 1.82) is 0 Å². The molecule has 0 aromatic heterocycles. The molecule has 0 radical (unpaired) electrons. The summed E-state index contributed by atoms with van der Waals surface area (Å²) < 4.78 is 23.8. The highest BCUT2D eigenvalue weighted by Gasteiger charge is 2.49. The van der Waals surface area contributed by atoms with Crippen LogP contribution in [0.4, 0.5) is 9.18 Å². The van der Waals surface area contributed by atoms with E-state index in [1.807, 2.05) is 13.8 Å². The van der Waals surface area contributed by atoms with E-state index in [0.29, 0.717) is 18.8 Å². The summed E-state index contributed by atoms with van der Waals surface area (Å²) in [6, 6.07) is 4.49. The second-order valence-electron chi connectivity index (χ2n) is 7.88. The van der Waals surface area contributed by atoms with Crippen LogP contribution in [0.25, 0.3) is 0 Å². The fourth-order valence-corrected chi connectivity index (χ4v) is 3.11. The number of nitrogens with zero attached hydrogens (tertiary/aromatic N) is 2. The molecule has 1 aliphatic heterocycles. The Bertz CT molecular complexity index is 788. The molecule has 1 aliphatic rings. The van der Waals surface area contributed by atoms with Crippen LogP contribution >= 0.6 is 0 Å². The zero-order valence-corrected chi connectivity index (χ0v) is 18.3. The average Bonchev–Trinajstić information content (AvgIpc) is 2.91. The molecule has 9 nitrogen and oxygen atoms in total. The smallest absolute Gasteiger partial charge is 0.325 e. The van der Waals surface area contributed by atoms with Crippen LogP contribution < -0.4 is 5.32 Å². The lowest BCUT2D eigenvalue weighted by atomic mass is 9.92. The second-order valence-corrected chi connectivity index (χ2v) is 7.88. The molecule has 0 aliphatic carbocycles. The Hall–Kier alpha value is -2.56. The molecule has 1 aromatic rings. The van der Waals surface area contributed by atoms with Crippen molar-refractivity contribution in [3.8, 4) is 0 Å². The Labute approximate surface area is 181 Å². The highest BCUT2D eigenvalue weighted by Crippen LogP contribution is 2.28. The molecular weight excluding hydrogens is 409 g/mol. The minimum Gasteiger partial charge on any atom is -0.389 e. The summed E-state index contributed by atoms with van der Waals surface area (Å²) in [6.07, 6.45) is -0.840. The third kappa shape index (κ3) is 6.46. The van der Waals surface area contributed by atoms with Crippen LogP contribution in [0.3, 0.4) is 0 Å². The van der Waals surface area contributed by atoms with E-state index < -0.39 is 41.9 Å². The molecule has 0 saturated carbocycles. The molecule has 0 bridgehead atoms. The first-order chi connectivity index (χ1) is 14.5. The molecule has 0 unspecified atom stereocenters. The summed E-state index contributed by atoms with van der Waals surface area (Å²) in [5.41, 5.74) is -0.987. The van der Waals surface area contributed by atoms with Gasteiger partial charge in [-0.3, -0.25) is 14.5 Å². The lowest BCUT2D eigenvalue weighted by Gasteiger charge is -2.24. The van der Waals surface area contributed by atoms with Gasteiger partial charge < -0.3 is 24.8 Å². The summed E-state index contributed by atoms with van der Waals surface area (Å²) in [5.74, 6) is -1.60. The molecule has 2 atom stereocenters. The Morgan fingerprint density at radius 1 is 1.26 bits per heavy atom. The average molecular weight is 439 g/mol. The second kappa shape index (κ2) is 10.7. The van der Waals surface area contributed by atoms with Gasteiger partial charge in [-0.15, -0.1) is 0 Å². The summed E-state index contributed by atoms with van der Waals surface area (Å²) >= 11 is 0. The Morgan fingerprint density at radius 3 is 2.52 bits per heavy atom. The van der Waals surface area contributed by atoms with E-state index in [-0.39, 0.29) is 19.3 Å². The van der Waals surface area contributed by atoms with E-state index in [4.69, 9.17) is 9.47 Å². The van der Waals surface area contributed by atoms with E-state index >= 15 is 0 Å². The van der Waals surface area contributed by atoms with Crippen molar-refractivity contribution in [2.24, 2.45) is 0 Å². The summed E-state index contributed by atoms with van der Waals surface area (Å²) in [7, 11) is 1.46. The van der Waals surface area contributed by atoms with Gasteiger partial charge in [0.15, 0.2) is 0 Å². The normalized spacial score (nSPS) is 19.6. The van der Waals surface area contributed by atoms with Crippen molar-refractivity contribution in [2.75, 3.05) is 40.0 Å². The maximum atomic E-state index is 13.2. The fourth-order valence-electron chi connectivity index (χ4n) is 3.11. The summed E-state index contributed by atoms with van der Waals surface area (Å²) in [6.45, 7) is 5.54. The number of aliphatic hydroxyl groups is 1. The van der Waals surface area contributed by atoms with E-state index in [1.54, 1.807) is 0 Å². The van der Waals surface area contributed by atoms with Crippen LogP contribution in [0, 0.1) is 5.82 Å².